The number of nitrogens with two attached hydrogens (primary N) is 1. The second kappa shape index (κ2) is 8.98. The average Bonchev–Trinajstić information content (AvgIpc) is 2.44. The third-order valence-electron chi connectivity index (χ3n) is 3.70. The van der Waals surface area contributed by atoms with E-state index in [-0.39, 0.29) is 12.1 Å². The van der Waals surface area contributed by atoms with E-state index in [1.807, 2.05) is 26.0 Å². The third kappa shape index (κ3) is 5.51. The first-order valence-electron chi connectivity index (χ1n) is 7.80. The van der Waals surface area contributed by atoms with E-state index in [1.165, 1.54) is 18.4 Å². The highest BCUT2D eigenvalue weighted by Gasteiger charge is 2.11. The van der Waals surface area contributed by atoms with Crippen LogP contribution in [0.1, 0.15) is 52.1 Å². The second-order valence-electron chi connectivity index (χ2n) is 5.61. The van der Waals surface area contributed by atoms with Crippen molar-refractivity contribution >= 4 is 0 Å². The zero-order valence-electron chi connectivity index (χ0n) is 13.4. The molecule has 0 saturated heterocycles. The van der Waals surface area contributed by atoms with Crippen LogP contribution in [-0.2, 0) is 0 Å². The molecule has 20 heavy (non-hydrogen) atoms. The van der Waals surface area contributed by atoms with E-state index in [0.29, 0.717) is 6.54 Å². The Morgan fingerprint density at radius 1 is 1.10 bits per heavy atom. The lowest BCUT2D eigenvalue weighted by Crippen LogP contribution is -2.32. The zero-order valence-corrected chi connectivity index (χ0v) is 13.4. The van der Waals surface area contributed by atoms with Gasteiger partial charge in [-0.25, -0.2) is 0 Å². The summed E-state index contributed by atoms with van der Waals surface area (Å²) in [6, 6.07) is 8.49. The van der Waals surface area contributed by atoms with Gasteiger partial charge in [-0.2, -0.15) is 0 Å². The molecule has 0 heterocycles. The van der Waals surface area contributed by atoms with Gasteiger partial charge in [0.2, 0.25) is 0 Å². The second-order valence-corrected chi connectivity index (χ2v) is 5.61. The highest BCUT2D eigenvalue weighted by molar-refractivity contribution is 5.29. The minimum atomic E-state index is 0.208. The van der Waals surface area contributed by atoms with Crippen molar-refractivity contribution in [1.82, 2.24) is 5.32 Å². The molecule has 1 aromatic rings. The summed E-state index contributed by atoms with van der Waals surface area (Å²) < 4.78 is 5.66. The molecule has 3 heteroatoms. The molecule has 0 fully saturated rings. The largest absolute Gasteiger partial charge is 0.491 e. The van der Waals surface area contributed by atoms with E-state index in [1.54, 1.807) is 0 Å². The summed E-state index contributed by atoms with van der Waals surface area (Å²) in [7, 11) is 0. The van der Waals surface area contributed by atoms with Gasteiger partial charge in [0.15, 0.2) is 0 Å². The number of ether oxygens (including phenoxy) is 1. The van der Waals surface area contributed by atoms with E-state index >= 15 is 0 Å². The van der Waals surface area contributed by atoms with Gasteiger partial charge in [-0.05, 0) is 44.0 Å². The number of nitrogens with one attached hydrogen (secondary N) is 1. The fraction of sp³-hybridized carbons (Fsp3) is 0.647. The van der Waals surface area contributed by atoms with Crippen LogP contribution in [0.5, 0.6) is 5.75 Å². The maximum atomic E-state index is 5.90. The maximum Gasteiger partial charge on any atom is 0.119 e. The van der Waals surface area contributed by atoms with Gasteiger partial charge in [0, 0.05) is 12.6 Å². The summed E-state index contributed by atoms with van der Waals surface area (Å²) in [6.45, 7) is 10.2. The van der Waals surface area contributed by atoms with E-state index in [2.05, 4.69) is 31.3 Å². The van der Waals surface area contributed by atoms with Crippen molar-refractivity contribution in [1.29, 1.82) is 0 Å². The van der Waals surface area contributed by atoms with Crippen LogP contribution in [0.15, 0.2) is 24.3 Å². The highest BCUT2D eigenvalue weighted by atomic mass is 16.5. The standard InChI is InChI=1S/C17H30N2O/c1-5-14(6-2)12-19-17(11-18)15-7-9-16(10-8-15)20-13(3)4/h7-10,13-14,17,19H,5-6,11-12,18H2,1-4H3. The molecule has 1 rings (SSSR count). The Hall–Kier alpha value is -1.06. The summed E-state index contributed by atoms with van der Waals surface area (Å²) in [5, 5.41) is 3.58. The van der Waals surface area contributed by atoms with Crippen molar-refractivity contribution in [2.75, 3.05) is 13.1 Å². The van der Waals surface area contributed by atoms with Gasteiger partial charge < -0.3 is 15.8 Å². The van der Waals surface area contributed by atoms with Gasteiger partial charge >= 0.3 is 0 Å². The maximum absolute atomic E-state index is 5.90. The fourth-order valence-corrected chi connectivity index (χ4v) is 2.27. The molecule has 114 valence electrons. The van der Waals surface area contributed by atoms with Crippen LogP contribution in [0.2, 0.25) is 0 Å². The first-order chi connectivity index (χ1) is 9.60. The Morgan fingerprint density at radius 3 is 2.15 bits per heavy atom. The minimum Gasteiger partial charge on any atom is -0.491 e. The molecule has 1 aromatic carbocycles. The monoisotopic (exact) mass is 278 g/mol. The number of hydrogen-bond donors (Lipinski definition) is 2. The molecule has 0 aromatic heterocycles. The Morgan fingerprint density at radius 2 is 1.70 bits per heavy atom. The zero-order chi connectivity index (χ0) is 15.0. The third-order valence-corrected chi connectivity index (χ3v) is 3.70. The molecule has 0 radical (unpaired) electrons. The molecule has 0 bridgehead atoms. The van der Waals surface area contributed by atoms with Crippen molar-refractivity contribution in [2.24, 2.45) is 11.7 Å². The average molecular weight is 278 g/mol. The molecule has 0 spiro atoms. The molecule has 3 nitrogen and oxygen atoms in total. The van der Waals surface area contributed by atoms with Crippen LogP contribution in [0.3, 0.4) is 0 Å². The molecule has 0 amide bonds. The highest BCUT2D eigenvalue weighted by Crippen LogP contribution is 2.19. The molecule has 1 atom stereocenters. The lowest BCUT2D eigenvalue weighted by atomic mass is 10.0. The molecular formula is C17H30N2O. The van der Waals surface area contributed by atoms with Crippen LogP contribution < -0.4 is 15.8 Å². The van der Waals surface area contributed by atoms with E-state index in [4.69, 9.17) is 10.5 Å². The molecule has 0 saturated carbocycles. The molecule has 0 aliphatic carbocycles. The van der Waals surface area contributed by atoms with E-state index < -0.39 is 0 Å². The molecule has 1 unspecified atom stereocenters. The first kappa shape index (κ1) is 17.0. The Labute approximate surface area is 123 Å². The topological polar surface area (TPSA) is 47.3 Å². The fourth-order valence-electron chi connectivity index (χ4n) is 2.27. The van der Waals surface area contributed by atoms with E-state index in [9.17, 15) is 0 Å². The van der Waals surface area contributed by atoms with Crippen LogP contribution in [0, 0.1) is 5.92 Å². The van der Waals surface area contributed by atoms with Crippen LogP contribution in [-0.4, -0.2) is 19.2 Å². The minimum absolute atomic E-state index is 0.208. The smallest absolute Gasteiger partial charge is 0.119 e. The SMILES string of the molecule is CCC(CC)CNC(CN)c1ccc(OC(C)C)cc1. The molecule has 0 aliphatic rings. The van der Waals surface area contributed by atoms with Crippen molar-refractivity contribution < 1.29 is 4.74 Å². The predicted molar refractivity (Wildman–Crippen MR) is 86.1 cm³/mol. The van der Waals surface area contributed by atoms with Crippen LogP contribution >= 0.6 is 0 Å². The van der Waals surface area contributed by atoms with Crippen molar-refractivity contribution in [2.45, 2.75) is 52.7 Å². The lowest BCUT2D eigenvalue weighted by Gasteiger charge is -2.21. The quantitative estimate of drug-likeness (QED) is 0.727. The normalized spacial score (nSPS) is 12.9. The summed E-state index contributed by atoms with van der Waals surface area (Å²) in [5.74, 6) is 1.65. The molecule has 0 aliphatic heterocycles. The summed E-state index contributed by atoms with van der Waals surface area (Å²) in [4.78, 5) is 0. The first-order valence-corrected chi connectivity index (χ1v) is 7.80. The van der Waals surface area contributed by atoms with Gasteiger partial charge in [-0.1, -0.05) is 38.8 Å². The number of rotatable bonds is 9. The number of benzene rings is 1. The van der Waals surface area contributed by atoms with Gasteiger partial charge in [-0.3, -0.25) is 0 Å². The molecular weight excluding hydrogens is 248 g/mol. The van der Waals surface area contributed by atoms with Gasteiger partial charge in [0.05, 0.1) is 6.10 Å². The van der Waals surface area contributed by atoms with E-state index in [0.717, 1.165) is 18.2 Å². The molecule has 3 N–H and O–H groups in total. The van der Waals surface area contributed by atoms with Gasteiger partial charge in [0.1, 0.15) is 5.75 Å². The number of hydrogen-bond acceptors (Lipinski definition) is 3. The predicted octanol–water partition coefficient (Wildman–Crippen LogP) is 3.50. The Balaban J connectivity index is 2.60. The van der Waals surface area contributed by atoms with Crippen LogP contribution in [0.4, 0.5) is 0 Å². The van der Waals surface area contributed by atoms with Crippen molar-refractivity contribution in [3.8, 4) is 5.75 Å². The summed E-state index contributed by atoms with van der Waals surface area (Å²) in [5.41, 5.74) is 7.13. The van der Waals surface area contributed by atoms with Crippen molar-refractivity contribution in [3.63, 3.8) is 0 Å². The van der Waals surface area contributed by atoms with Crippen LogP contribution in [0.25, 0.3) is 0 Å². The van der Waals surface area contributed by atoms with Gasteiger partial charge in [-0.15, -0.1) is 0 Å². The lowest BCUT2D eigenvalue weighted by molar-refractivity contribution is 0.242. The Bertz CT molecular complexity index is 358. The van der Waals surface area contributed by atoms with Gasteiger partial charge in [0.25, 0.3) is 0 Å². The Kier molecular flexibility index (Phi) is 7.63. The summed E-state index contributed by atoms with van der Waals surface area (Å²) >= 11 is 0. The van der Waals surface area contributed by atoms with Crippen molar-refractivity contribution in [3.05, 3.63) is 29.8 Å². The summed E-state index contributed by atoms with van der Waals surface area (Å²) in [6.07, 6.45) is 2.63.